The topological polar surface area (TPSA) is 57.6 Å². The fourth-order valence-electron chi connectivity index (χ4n) is 2.12. The molecule has 1 aliphatic rings. The van der Waals surface area contributed by atoms with Gasteiger partial charge in [-0.25, -0.2) is 0 Å². The molecule has 7 heteroatoms. The van der Waals surface area contributed by atoms with E-state index in [2.05, 4.69) is 15.9 Å². The summed E-state index contributed by atoms with van der Waals surface area (Å²) in [6.45, 7) is -0.0171. The molecule has 4 nitrogen and oxygen atoms in total. The first-order valence-electron chi connectivity index (χ1n) is 5.49. The van der Waals surface area contributed by atoms with E-state index >= 15 is 0 Å². The highest BCUT2D eigenvalue weighted by Crippen LogP contribution is 2.34. The second kappa shape index (κ2) is 4.88. The Morgan fingerprint density at radius 2 is 1.72 bits per heavy atom. The van der Waals surface area contributed by atoms with Crippen LogP contribution in [-0.2, 0) is 16.0 Å². The van der Waals surface area contributed by atoms with Crippen molar-refractivity contribution < 1.29 is 17.4 Å². The van der Waals surface area contributed by atoms with Gasteiger partial charge < -0.3 is 5.11 Å². The highest BCUT2D eigenvalue weighted by atomic mass is 79.9. The van der Waals surface area contributed by atoms with E-state index in [1.165, 1.54) is 0 Å². The fraction of sp³-hybridized carbons (Fsp3) is 0.455. The van der Waals surface area contributed by atoms with Gasteiger partial charge in [0.1, 0.15) is 0 Å². The SMILES string of the molecule is O=S(=O)(F)N1CCC(O)(c2ccc(Br)cc2)CC1. The lowest BCUT2D eigenvalue weighted by atomic mass is 9.85. The molecule has 1 aromatic rings. The molecule has 0 amide bonds. The molecule has 1 fully saturated rings. The molecule has 0 bridgehead atoms. The molecule has 100 valence electrons. The van der Waals surface area contributed by atoms with Gasteiger partial charge in [0, 0.05) is 17.6 Å². The number of hydrogen-bond acceptors (Lipinski definition) is 3. The molecule has 1 saturated heterocycles. The van der Waals surface area contributed by atoms with Gasteiger partial charge >= 0.3 is 10.4 Å². The summed E-state index contributed by atoms with van der Waals surface area (Å²) in [5.41, 5.74) is -0.358. The molecule has 2 rings (SSSR count). The quantitative estimate of drug-likeness (QED) is 0.839. The molecule has 0 unspecified atom stereocenters. The maximum absolute atomic E-state index is 12.8. The first kappa shape index (κ1) is 13.9. The molecule has 0 aliphatic carbocycles. The Morgan fingerprint density at radius 3 is 2.17 bits per heavy atom. The van der Waals surface area contributed by atoms with Crippen LogP contribution in [0.15, 0.2) is 28.7 Å². The summed E-state index contributed by atoms with van der Waals surface area (Å²) in [4.78, 5) is 0. The lowest BCUT2D eigenvalue weighted by Crippen LogP contribution is -2.43. The lowest BCUT2D eigenvalue weighted by Gasteiger charge is -2.36. The molecule has 1 aromatic carbocycles. The molecule has 18 heavy (non-hydrogen) atoms. The number of nitrogens with zero attached hydrogens (tertiary/aromatic N) is 1. The summed E-state index contributed by atoms with van der Waals surface area (Å²) >= 11 is 3.30. The van der Waals surface area contributed by atoms with Crippen molar-refractivity contribution in [3.05, 3.63) is 34.3 Å². The van der Waals surface area contributed by atoms with Crippen LogP contribution in [0.3, 0.4) is 0 Å². The zero-order valence-electron chi connectivity index (χ0n) is 9.51. The van der Waals surface area contributed by atoms with Gasteiger partial charge in [-0.05, 0) is 30.5 Å². The van der Waals surface area contributed by atoms with Gasteiger partial charge in [0.05, 0.1) is 5.60 Å². The van der Waals surface area contributed by atoms with Crippen LogP contribution in [0.25, 0.3) is 0 Å². The minimum atomic E-state index is -4.65. The van der Waals surface area contributed by atoms with Crippen LogP contribution in [0.4, 0.5) is 3.89 Å². The summed E-state index contributed by atoms with van der Waals surface area (Å²) in [5, 5.41) is 10.5. The van der Waals surface area contributed by atoms with Crippen LogP contribution in [0.2, 0.25) is 0 Å². The van der Waals surface area contributed by atoms with Gasteiger partial charge in [-0.2, -0.15) is 12.7 Å². The van der Waals surface area contributed by atoms with Crippen LogP contribution in [0, 0.1) is 0 Å². The second-order valence-electron chi connectivity index (χ2n) is 4.38. The maximum Gasteiger partial charge on any atom is 0.374 e. The van der Waals surface area contributed by atoms with Crippen molar-refractivity contribution in [3.8, 4) is 0 Å². The van der Waals surface area contributed by atoms with Gasteiger partial charge in [-0.1, -0.05) is 31.9 Å². The molecule has 1 aliphatic heterocycles. The van der Waals surface area contributed by atoms with Gasteiger partial charge in [-0.3, -0.25) is 0 Å². The molecule has 0 spiro atoms. The third-order valence-corrected chi connectivity index (χ3v) is 4.75. The Labute approximate surface area is 114 Å². The first-order valence-corrected chi connectivity index (χ1v) is 7.63. The van der Waals surface area contributed by atoms with E-state index in [1.807, 2.05) is 12.1 Å². The molecule has 1 N–H and O–H groups in total. The minimum absolute atomic E-state index is 0.00853. The number of aliphatic hydroxyl groups is 1. The fourth-order valence-corrected chi connectivity index (χ4v) is 3.01. The molecular weight excluding hydrogens is 325 g/mol. The van der Waals surface area contributed by atoms with Gasteiger partial charge in [0.25, 0.3) is 0 Å². The van der Waals surface area contributed by atoms with Crippen LogP contribution < -0.4 is 0 Å². The van der Waals surface area contributed by atoms with Crippen molar-refractivity contribution in [2.45, 2.75) is 18.4 Å². The van der Waals surface area contributed by atoms with Crippen molar-refractivity contribution in [1.82, 2.24) is 4.31 Å². The summed E-state index contributed by atoms with van der Waals surface area (Å²) in [5.74, 6) is 0. The van der Waals surface area contributed by atoms with Crippen LogP contribution in [0.5, 0.6) is 0 Å². The third-order valence-electron chi connectivity index (χ3n) is 3.24. The predicted octanol–water partition coefficient (Wildman–Crippen LogP) is 1.95. The molecule has 0 atom stereocenters. The van der Waals surface area contributed by atoms with E-state index < -0.39 is 16.0 Å². The predicted molar refractivity (Wildman–Crippen MR) is 68.9 cm³/mol. The molecule has 1 heterocycles. The Hall–Kier alpha value is -0.500. The summed E-state index contributed by atoms with van der Waals surface area (Å²) in [6, 6.07) is 7.19. The molecule has 0 radical (unpaired) electrons. The summed E-state index contributed by atoms with van der Waals surface area (Å²) in [6.07, 6.45) is 0.384. The number of halogens is 2. The van der Waals surface area contributed by atoms with E-state index in [-0.39, 0.29) is 25.9 Å². The number of benzene rings is 1. The van der Waals surface area contributed by atoms with E-state index in [4.69, 9.17) is 0 Å². The van der Waals surface area contributed by atoms with Crippen molar-refractivity contribution in [2.24, 2.45) is 0 Å². The minimum Gasteiger partial charge on any atom is -0.385 e. The second-order valence-corrected chi connectivity index (χ2v) is 6.64. The van der Waals surface area contributed by atoms with Crippen LogP contribution >= 0.6 is 15.9 Å². The van der Waals surface area contributed by atoms with Gasteiger partial charge in [-0.15, -0.1) is 0 Å². The number of piperidine rings is 1. The van der Waals surface area contributed by atoms with Crippen molar-refractivity contribution in [2.75, 3.05) is 13.1 Å². The maximum atomic E-state index is 12.8. The smallest absolute Gasteiger partial charge is 0.374 e. The van der Waals surface area contributed by atoms with Crippen molar-refractivity contribution >= 4 is 26.3 Å². The van der Waals surface area contributed by atoms with E-state index in [9.17, 15) is 17.4 Å². The standard InChI is InChI=1S/C11H13BrFNO3S/c12-10-3-1-9(2-4-10)11(15)5-7-14(8-6-11)18(13,16)17/h1-4,15H,5-8H2. The normalized spacial score (nSPS) is 20.8. The highest BCUT2D eigenvalue weighted by Gasteiger charge is 2.37. The monoisotopic (exact) mass is 337 g/mol. The van der Waals surface area contributed by atoms with E-state index in [0.29, 0.717) is 0 Å². The average molecular weight is 338 g/mol. The lowest BCUT2D eigenvalue weighted by molar-refractivity contribution is -0.0103. The Morgan fingerprint density at radius 1 is 1.22 bits per heavy atom. The Balaban J connectivity index is 2.14. The molecular formula is C11H13BrFNO3S. The molecule has 0 saturated carbocycles. The van der Waals surface area contributed by atoms with Crippen LogP contribution in [0.1, 0.15) is 18.4 Å². The summed E-state index contributed by atoms with van der Waals surface area (Å²) in [7, 11) is -4.65. The van der Waals surface area contributed by atoms with Gasteiger partial charge in [0.2, 0.25) is 0 Å². The third kappa shape index (κ3) is 2.90. The van der Waals surface area contributed by atoms with Crippen molar-refractivity contribution in [3.63, 3.8) is 0 Å². The van der Waals surface area contributed by atoms with E-state index in [1.54, 1.807) is 12.1 Å². The van der Waals surface area contributed by atoms with Gasteiger partial charge in [0.15, 0.2) is 0 Å². The van der Waals surface area contributed by atoms with E-state index in [0.717, 1.165) is 14.3 Å². The largest absolute Gasteiger partial charge is 0.385 e. The highest BCUT2D eigenvalue weighted by molar-refractivity contribution is 9.10. The Bertz CT molecular complexity index is 524. The number of rotatable bonds is 2. The van der Waals surface area contributed by atoms with Crippen molar-refractivity contribution in [1.29, 1.82) is 0 Å². The van der Waals surface area contributed by atoms with Crippen LogP contribution in [-0.4, -0.2) is 30.9 Å². The molecule has 0 aromatic heterocycles. The average Bonchev–Trinajstić information content (AvgIpc) is 2.29. The Kier molecular flexibility index (Phi) is 3.77. The first-order chi connectivity index (χ1) is 8.31. The zero-order valence-corrected chi connectivity index (χ0v) is 11.9. The number of hydrogen-bond donors (Lipinski definition) is 1. The summed E-state index contributed by atoms with van der Waals surface area (Å²) < 4.78 is 35.9. The zero-order chi connectivity index (χ0) is 13.4.